The summed E-state index contributed by atoms with van der Waals surface area (Å²) in [7, 11) is 0. The molecule has 0 bridgehead atoms. The van der Waals surface area contributed by atoms with Crippen LogP contribution in [0.1, 0.15) is 20.8 Å². The van der Waals surface area contributed by atoms with Gasteiger partial charge in [-0.25, -0.2) is 4.79 Å². The smallest absolute Gasteiger partial charge is 0.341 e. The fourth-order valence-electron chi connectivity index (χ4n) is 1.66. The van der Waals surface area contributed by atoms with Gasteiger partial charge >= 0.3 is 5.97 Å². The Morgan fingerprint density at radius 2 is 1.95 bits per heavy atom. The Balaban J connectivity index is 2.01. The summed E-state index contributed by atoms with van der Waals surface area (Å²) in [6.45, 7) is 1.60. The van der Waals surface area contributed by atoms with Gasteiger partial charge in [0, 0.05) is 10.4 Å². The van der Waals surface area contributed by atoms with E-state index in [1.54, 1.807) is 41.7 Å². The monoisotopic (exact) mass is 302 g/mol. The zero-order chi connectivity index (χ0) is 15.2. The van der Waals surface area contributed by atoms with Crippen molar-refractivity contribution in [1.82, 2.24) is 0 Å². The molecule has 0 fully saturated rings. The SMILES string of the molecule is Cc1ccsc1/C=C/C(=O)c1ccc(OCC(=O)O)cc1. The van der Waals surface area contributed by atoms with Gasteiger partial charge in [0.1, 0.15) is 5.75 Å². The predicted molar refractivity (Wildman–Crippen MR) is 82.0 cm³/mol. The molecule has 2 rings (SSSR count). The fourth-order valence-corrected chi connectivity index (χ4v) is 2.48. The number of carboxylic acid groups (broad SMARTS) is 1. The van der Waals surface area contributed by atoms with Crippen molar-refractivity contribution in [2.75, 3.05) is 6.61 Å². The van der Waals surface area contributed by atoms with Gasteiger partial charge in [-0.15, -0.1) is 11.3 Å². The van der Waals surface area contributed by atoms with Crippen molar-refractivity contribution in [1.29, 1.82) is 0 Å². The molecule has 1 N–H and O–H groups in total. The molecule has 5 heteroatoms. The van der Waals surface area contributed by atoms with E-state index in [0.717, 1.165) is 10.4 Å². The molecule has 0 aliphatic heterocycles. The molecule has 0 saturated heterocycles. The lowest BCUT2D eigenvalue weighted by Crippen LogP contribution is -2.09. The number of hydrogen-bond donors (Lipinski definition) is 1. The van der Waals surface area contributed by atoms with Gasteiger partial charge in [-0.3, -0.25) is 4.79 Å². The number of rotatable bonds is 6. The predicted octanol–water partition coefficient (Wildman–Crippen LogP) is 3.42. The molecule has 1 aromatic heterocycles. The van der Waals surface area contributed by atoms with E-state index in [4.69, 9.17) is 9.84 Å². The summed E-state index contributed by atoms with van der Waals surface area (Å²) in [5.41, 5.74) is 1.67. The minimum atomic E-state index is -1.04. The molecule has 0 amide bonds. The molecule has 1 heterocycles. The Kier molecular flexibility index (Phi) is 4.90. The van der Waals surface area contributed by atoms with E-state index in [2.05, 4.69) is 0 Å². The van der Waals surface area contributed by atoms with Crippen LogP contribution >= 0.6 is 11.3 Å². The van der Waals surface area contributed by atoms with Crippen molar-refractivity contribution in [3.8, 4) is 5.75 Å². The maximum atomic E-state index is 12.0. The van der Waals surface area contributed by atoms with Gasteiger partial charge in [-0.1, -0.05) is 0 Å². The van der Waals surface area contributed by atoms with Gasteiger partial charge in [0.05, 0.1) is 0 Å². The van der Waals surface area contributed by atoms with E-state index >= 15 is 0 Å². The highest BCUT2D eigenvalue weighted by Gasteiger charge is 2.04. The number of carbonyl (C=O) groups is 2. The van der Waals surface area contributed by atoms with Crippen molar-refractivity contribution < 1.29 is 19.4 Å². The minimum Gasteiger partial charge on any atom is -0.482 e. The standard InChI is InChI=1S/C16H14O4S/c1-11-8-9-21-15(11)7-6-14(17)12-2-4-13(5-3-12)20-10-16(18)19/h2-9H,10H2,1H3,(H,18,19)/b7-6+. The number of thiophene rings is 1. The van der Waals surface area contributed by atoms with Crippen molar-refractivity contribution in [3.05, 3.63) is 57.8 Å². The van der Waals surface area contributed by atoms with E-state index in [-0.39, 0.29) is 5.78 Å². The topological polar surface area (TPSA) is 63.6 Å². The summed E-state index contributed by atoms with van der Waals surface area (Å²) >= 11 is 1.58. The second-order valence-corrected chi connectivity index (χ2v) is 5.32. The van der Waals surface area contributed by atoms with E-state index < -0.39 is 12.6 Å². The highest BCUT2D eigenvalue weighted by atomic mass is 32.1. The van der Waals surface area contributed by atoms with Crippen molar-refractivity contribution >= 4 is 29.2 Å². The molecule has 0 spiro atoms. The number of carbonyl (C=O) groups excluding carboxylic acids is 1. The van der Waals surface area contributed by atoms with Crippen LogP contribution in [0.3, 0.4) is 0 Å². The Morgan fingerprint density at radius 1 is 1.24 bits per heavy atom. The third kappa shape index (κ3) is 4.29. The zero-order valence-electron chi connectivity index (χ0n) is 11.4. The quantitative estimate of drug-likeness (QED) is 0.656. The molecule has 0 aliphatic rings. The molecular weight excluding hydrogens is 288 g/mol. The highest BCUT2D eigenvalue weighted by Crippen LogP contribution is 2.18. The van der Waals surface area contributed by atoms with E-state index in [9.17, 15) is 9.59 Å². The van der Waals surface area contributed by atoms with Crippen LogP contribution < -0.4 is 4.74 Å². The first-order valence-corrected chi connectivity index (χ1v) is 7.15. The highest BCUT2D eigenvalue weighted by molar-refractivity contribution is 7.11. The average Bonchev–Trinajstić information content (AvgIpc) is 2.88. The van der Waals surface area contributed by atoms with E-state index in [1.807, 2.05) is 18.4 Å². The third-order valence-electron chi connectivity index (χ3n) is 2.79. The lowest BCUT2D eigenvalue weighted by Gasteiger charge is -2.03. The first kappa shape index (κ1) is 15.0. The number of benzene rings is 1. The Morgan fingerprint density at radius 3 is 2.52 bits per heavy atom. The van der Waals surface area contributed by atoms with Crippen LogP contribution in [0.2, 0.25) is 0 Å². The van der Waals surface area contributed by atoms with E-state index in [0.29, 0.717) is 11.3 Å². The molecule has 0 radical (unpaired) electrons. The third-order valence-corrected chi connectivity index (χ3v) is 3.77. The molecule has 0 atom stereocenters. The van der Waals surface area contributed by atoms with E-state index in [1.165, 1.54) is 6.08 Å². The molecule has 1 aromatic carbocycles. The lowest BCUT2D eigenvalue weighted by atomic mass is 10.1. The zero-order valence-corrected chi connectivity index (χ0v) is 12.2. The first-order chi connectivity index (χ1) is 10.1. The van der Waals surface area contributed by atoms with Crippen LogP contribution in [0.4, 0.5) is 0 Å². The summed E-state index contributed by atoms with van der Waals surface area (Å²) in [6, 6.07) is 8.40. The summed E-state index contributed by atoms with van der Waals surface area (Å²) in [5.74, 6) is -0.719. The lowest BCUT2D eigenvalue weighted by molar-refractivity contribution is -0.139. The molecule has 108 valence electrons. The number of ketones is 1. The summed E-state index contributed by atoms with van der Waals surface area (Å²) in [6.07, 6.45) is 3.34. The molecule has 0 aliphatic carbocycles. The average molecular weight is 302 g/mol. The molecular formula is C16H14O4S. The van der Waals surface area contributed by atoms with Crippen LogP contribution in [-0.2, 0) is 4.79 Å². The van der Waals surface area contributed by atoms with Crippen LogP contribution in [0, 0.1) is 6.92 Å². The van der Waals surface area contributed by atoms with Gasteiger partial charge in [0.15, 0.2) is 12.4 Å². The number of aliphatic carboxylic acids is 1. The maximum Gasteiger partial charge on any atom is 0.341 e. The van der Waals surface area contributed by atoms with Gasteiger partial charge in [-0.05, 0) is 60.4 Å². The van der Waals surface area contributed by atoms with Crippen molar-refractivity contribution in [2.24, 2.45) is 0 Å². The number of ether oxygens (including phenoxy) is 1. The summed E-state index contributed by atoms with van der Waals surface area (Å²) in [5, 5.41) is 10.5. The van der Waals surface area contributed by atoms with Crippen LogP contribution in [0.5, 0.6) is 5.75 Å². The van der Waals surface area contributed by atoms with Gasteiger partial charge < -0.3 is 9.84 Å². The maximum absolute atomic E-state index is 12.0. The van der Waals surface area contributed by atoms with Crippen LogP contribution in [-0.4, -0.2) is 23.5 Å². The van der Waals surface area contributed by atoms with Crippen LogP contribution in [0.25, 0.3) is 6.08 Å². The fraction of sp³-hybridized carbons (Fsp3) is 0.125. The Hall–Kier alpha value is -2.40. The van der Waals surface area contributed by atoms with Gasteiger partial charge in [0.25, 0.3) is 0 Å². The van der Waals surface area contributed by atoms with Gasteiger partial charge in [-0.2, -0.15) is 0 Å². The Labute approximate surface area is 126 Å². The normalized spacial score (nSPS) is 10.7. The largest absolute Gasteiger partial charge is 0.482 e. The number of hydrogen-bond acceptors (Lipinski definition) is 4. The molecule has 2 aromatic rings. The molecule has 4 nitrogen and oxygen atoms in total. The second kappa shape index (κ2) is 6.85. The number of allylic oxidation sites excluding steroid dienone is 1. The molecule has 0 saturated carbocycles. The second-order valence-electron chi connectivity index (χ2n) is 4.37. The number of carboxylic acids is 1. The van der Waals surface area contributed by atoms with Gasteiger partial charge in [0.2, 0.25) is 0 Å². The Bertz CT molecular complexity index is 668. The van der Waals surface area contributed by atoms with Crippen molar-refractivity contribution in [3.63, 3.8) is 0 Å². The van der Waals surface area contributed by atoms with Crippen molar-refractivity contribution in [2.45, 2.75) is 6.92 Å². The number of aryl methyl sites for hydroxylation is 1. The first-order valence-electron chi connectivity index (χ1n) is 6.27. The minimum absolute atomic E-state index is 0.104. The molecule has 21 heavy (non-hydrogen) atoms. The van der Waals surface area contributed by atoms with Crippen LogP contribution in [0.15, 0.2) is 41.8 Å². The summed E-state index contributed by atoms with van der Waals surface area (Å²) in [4.78, 5) is 23.5. The molecule has 0 unspecified atom stereocenters. The summed E-state index contributed by atoms with van der Waals surface area (Å²) < 4.78 is 5.01.